The molecule has 2 bridgehead atoms. The summed E-state index contributed by atoms with van der Waals surface area (Å²) in [6, 6.07) is 0.310. The van der Waals surface area contributed by atoms with E-state index in [4.69, 9.17) is 10.3 Å². The van der Waals surface area contributed by atoms with Gasteiger partial charge in [-0.1, -0.05) is 24.4 Å². The molecule has 116 valence electrons. The minimum atomic E-state index is -0.128. The molecule has 0 aromatic carbocycles. The van der Waals surface area contributed by atoms with E-state index in [9.17, 15) is 0 Å². The predicted molar refractivity (Wildman–Crippen MR) is 78.8 cm³/mol. The lowest BCUT2D eigenvalue weighted by atomic mass is 9.80. The summed E-state index contributed by atoms with van der Waals surface area (Å²) in [6.07, 6.45) is 6.64. The summed E-state index contributed by atoms with van der Waals surface area (Å²) >= 11 is 0. The first-order chi connectivity index (χ1) is 10.2. The number of aromatic nitrogens is 2. The van der Waals surface area contributed by atoms with Crippen molar-refractivity contribution in [2.45, 2.75) is 50.1 Å². The Morgan fingerprint density at radius 3 is 2.57 bits per heavy atom. The largest absolute Gasteiger partial charge is 0.339 e. The number of nitrogens with zero attached hydrogens (tertiary/aromatic N) is 4. The molecule has 6 nitrogen and oxygen atoms in total. The van der Waals surface area contributed by atoms with Crippen LogP contribution in [0.4, 0.5) is 0 Å². The van der Waals surface area contributed by atoms with Gasteiger partial charge in [-0.3, -0.25) is 9.80 Å². The highest BCUT2D eigenvalue weighted by molar-refractivity contribution is 5.04. The fourth-order valence-corrected chi connectivity index (χ4v) is 4.07. The Hall–Kier alpha value is -0.980. The molecule has 1 saturated carbocycles. The monoisotopic (exact) mass is 291 g/mol. The van der Waals surface area contributed by atoms with E-state index in [0.29, 0.717) is 6.04 Å². The van der Waals surface area contributed by atoms with Gasteiger partial charge in [-0.05, 0) is 12.8 Å². The molecule has 1 aromatic heterocycles. The van der Waals surface area contributed by atoms with Crippen molar-refractivity contribution in [3.63, 3.8) is 0 Å². The van der Waals surface area contributed by atoms with Gasteiger partial charge in [0.15, 0.2) is 5.82 Å². The molecule has 3 saturated heterocycles. The summed E-state index contributed by atoms with van der Waals surface area (Å²) in [4.78, 5) is 9.64. The van der Waals surface area contributed by atoms with Crippen molar-refractivity contribution >= 4 is 0 Å². The van der Waals surface area contributed by atoms with Crippen molar-refractivity contribution in [3.05, 3.63) is 11.7 Å². The van der Waals surface area contributed by atoms with Gasteiger partial charge in [-0.25, -0.2) is 0 Å². The Labute approximate surface area is 125 Å². The molecule has 5 rings (SSSR count). The molecule has 6 heteroatoms. The van der Waals surface area contributed by atoms with Gasteiger partial charge in [0.1, 0.15) is 0 Å². The summed E-state index contributed by atoms with van der Waals surface area (Å²) < 4.78 is 5.51. The van der Waals surface area contributed by atoms with Crippen LogP contribution in [0.5, 0.6) is 0 Å². The van der Waals surface area contributed by atoms with Gasteiger partial charge in [0.05, 0.1) is 6.04 Å². The lowest BCUT2D eigenvalue weighted by Crippen LogP contribution is -2.57. The van der Waals surface area contributed by atoms with Gasteiger partial charge in [0.2, 0.25) is 5.89 Å². The van der Waals surface area contributed by atoms with Crippen LogP contribution in [-0.4, -0.2) is 58.2 Å². The average molecular weight is 291 g/mol. The molecule has 1 atom stereocenters. The maximum atomic E-state index is 6.49. The predicted octanol–water partition coefficient (Wildman–Crippen LogP) is 0.946. The van der Waals surface area contributed by atoms with Crippen LogP contribution in [0.3, 0.4) is 0 Å². The first-order valence-electron chi connectivity index (χ1n) is 8.30. The van der Waals surface area contributed by atoms with Gasteiger partial charge in [0.25, 0.3) is 0 Å². The van der Waals surface area contributed by atoms with Crippen LogP contribution in [0.1, 0.15) is 49.9 Å². The van der Waals surface area contributed by atoms with Crippen molar-refractivity contribution in [2.24, 2.45) is 5.73 Å². The molecule has 21 heavy (non-hydrogen) atoms. The summed E-state index contributed by atoms with van der Waals surface area (Å²) in [5.41, 5.74) is 6.37. The van der Waals surface area contributed by atoms with Crippen molar-refractivity contribution < 1.29 is 4.52 Å². The molecule has 0 amide bonds. The van der Waals surface area contributed by atoms with Crippen LogP contribution >= 0.6 is 0 Å². The minimum absolute atomic E-state index is 0.128. The topological polar surface area (TPSA) is 71.4 Å². The molecule has 0 radical (unpaired) electrons. The quantitative estimate of drug-likeness (QED) is 0.894. The van der Waals surface area contributed by atoms with Crippen LogP contribution in [-0.2, 0) is 6.42 Å². The molecule has 0 spiro atoms. The maximum Gasteiger partial charge on any atom is 0.228 e. The highest BCUT2D eigenvalue weighted by Crippen LogP contribution is 2.30. The highest BCUT2D eigenvalue weighted by Gasteiger charge is 2.36. The Kier molecular flexibility index (Phi) is 3.47. The van der Waals surface area contributed by atoms with Crippen LogP contribution in [0.25, 0.3) is 0 Å². The number of hydrogen-bond acceptors (Lipinski definition) is 6. The molecule has 4 heterocycles. The lowest BCUT2D eigenvalue weighted by molar-refractivity contribution is 0.00781. The van der Waals surface area contributed by atoms with Crippen molar-refractivity contribution in [1.29, 1.82) is 0 Å². The first kappa shape index (κ1) is 13.7. The Morgan fingerprint density at radius 1 is 1.14 bits per heavy atom. The summed E-state index contributed by atoms with van der Waals surface area (Å²) in [7, 11) is 0. The normalized spacial score (nSPS) is 35.0. The smallest absolute Gasteiger partial charge is 0.228 e. The lowest BCUT2D eigenvalue weighted by Gasteiger charge is -2.46. The Bertz CT molecular complexity index is 488. The SMILES string of the molecule is NC1(Cc2nc(C3CN4CCN3CC4)no2)CCCCC1. The second-order valence-electron chi connectivity index (χ2n) is 7.00. The van der Waals surface area contributed by atoms with E-state index >= 15 is 0 Å². The van der Waals surface area contributed by atoms with E-state index in [0.717, 1.165) is 50.6 Å². The third-order valence-electron chi connectivity index (χ3n) is 5.41. The molecular formula is C15H25N5O. The van der Waals surface area contributed by atoms with E-state index in [1.165, 1.54) is 32.4 Å². The maximum absolute atomic E-state index is 6.49. The third-order valence-corrected chi connectivity index (χ3v) is 5.41. The molecular weight excluding hydrogens is 266 g/mol. The van der Waals surface area contributed by atoms with Crippen molar-refractivity contribution in [3.8, 4) is 0 Å². The fourth-order valence-electron chi connectivity index (χ4n) is 4.07. The highest BCUT2D eigenvalue weighted by atomic mass is 16.5. The first-order valence-corrected chi connectivity index (χ1v) is 8.30. The van der Waals surface area contributed by atoms with E-state index in [1.54, 1.807) is 0 Å². The molecule has 1 unspecified atom stereocenters. The van der Waals surface area contributed by atoms with E-state index in [1.807, 2.05) is 0 Å². The summed E-state index contributed by atoms with van der Waals surface area (Å²) in [5.74, 6) is 1.58. The Balaban J connectivity index is 1.46. The molecule has 4 aliphatic rings. The minimum Gasteiger partial charge on any atom is -0.339 e. The number of piperazine rings is 3. The van der Waals surface area contributed by atoms with Crippen LogP contribution in [0.15, 0.2) is 4.52 Å². The van der Waals surface area contributed by atoms with Gasteiger partial charge in [0, 0.05) is 44.7 Å². The number of nitrogens with two attached hydrogens (primary N) is 1. The molecule has 1 aliphatic carbocycles. The zero-order valence-electron chi connectivity index (χ0n) is 12.6. The average Bonchev–Trinajstić information content (AvgIpc) is 2.97. The summed E-state index contributed by atoms with van der Waals surface area (Å²) in [5, 5.41) is 4.25. The zero-order valence-corrected chi connectivity index (χ0v) is 12.6. The number of fused-ring (bicyclic) bond motifs is 3. The van der Waals surface area contributed by atoms with Crippen molar-refractivity contribution in [2.75, 3.05) is 32.7 Å². The molecule has 3 aliphatic heterocycles. The van der Waals surface area contributed by atoms with E-state index < -0.39 is 0 Å². The second kappa shape index (κ2) is 5.34. The van der Waals surface area contributed by atoms with Gasteiger partial charge in [-0.15, -0.1) is 0 Å². The second-order valence-corrected chi connectivity index (χ2v) is 7.00. The van der Waals surface area contributed by atoms with Gasteiger partial charge < -0.3 is 10.3 Å². The number of hydrogen-bond donors (Lipinski definition) is 1. The van der Waals surface area contributed by atoms with E-state index in [2.05, 4.69) is 19.9 Å². The van der Waals surface area contributed by atoms with E-state index in [-0.39, 0.29) is 5.54 Å². The van der Waals surface area contributed by atoms with Gasteiger partial charge in [-0.2, -0.15) is 4.98 Å². The number of rotatable bonds is 3. The van der Waals surface area contributed by atoms with Crippen LogP contribution in [0, 0.1) is 0 Å². The van der Waals surface area contributed by atoms with Crippen LogP contribution in [0.2, 0.25) is 0 Å². The van der Waals surface area contributed by atoms with Crippen LogP contribution < -0.4 is 5.73 Å². The molecule has 4 fully saturated rings. The van der Waals surface area contributed by atoms with Crippen molar-refractivity contribution in [1.82, 2.24) is 19.9 Å². The summed E-state index contributed by atoms with van der Waals surface area (Å²) in [6.45, 7) is 5.62. The zero-order chi connectivity index (χ0) is 14.3. The molecule has 2 N–H and O–H groups in total. The third kappa shape index (κ3) is 2.72. The standard InChI is InChI=1S/C15H25N5O/c16-15(4-2-1-3-5-15)10-13-17-14(18-21-13)12-11-19-6-8-20(12)9-7-19/h12H,1-11,16H2. The Morgan fingerprint density at radius 2 is 1.90 bits per heavy atom. The fraction of sp³-hybridized carbons (Fsp3) is 0.867. The molecule has 1 aromatic rings. The van der Waals surface area contributed by atoms with Gasteiger partial charge >= 0.3 is 0 Å².